The minimum atomic E-state index is -0.448. The van der Waals surface area contributed by atoms with E-state index in [1.807, 2.05) is 27.0 Å². The van der Waals surface area contributed by atoms with E-state index in [1.54, 1.807) is 0 Å². The van der Waals surface area contributed by atoms with Crippen molar-refractivity contribution in [3.63, 3.8) is 0 Å². The third-order valence-electron chi connectivity index (χ3n) is 4.71. The van der Waals surface area contributed by atoms with Crippen molar-refractivity contribution in [2.75, 3.05) is 31.6 Å². The molecule has 2 N–H and O–H groups in total. The van der Waals surface area contributed by atoms with Crippen molar-refractivity contribution >= 4 is 34.5 Å². The fourth-order valence-electron chi connectivity index (χ4n) is 3.38. The molecule has 1 saturated carbocycles. The number of rotatable bonds is 7. The number of hydrogen-bond acceptors (Lipinski definition) is 5. The van der Waals surface area contributed by atoms with E-state index < -0.39 is 5.60 Å². The molecule has 0 aromatic carbocycles. The van der Waals surface area contributed by atoms with Crippen LogP contribution in [0.15, 0.2) is 18.3 Å². The van der Waals surface area contributed by atoms with Crippen molar-refractivity contribution < 1.29 is 9.53 Å². The van der Waals surface area contributed by atoms with Crippen LogP contribution < -0.4 is 15.5 Å². The summed E-state index contributed by atoms with van der Waals surface area (Å²) in [7, 11) is 2.13. The maximum absolute atomic E-state index is 11.6. The number of nitrogens with one attached hydrogen (secondary N) is 2. The second kappa shape index (κ2) is 10.5. The van der Waals surface area contributed by atoms with Crippen LogP contribution in [0.1, 0.15) is 46.5 Å². The molecule has 1 fully saturated rings. The molecule has 0 saturated heterocycles. The Balaban J connectivity index is 1.60. The van der Waals surface area contributed by atoms with E-state index in [-0.39, 0.29) is 6.09 Å². The quantitative estimate of drug-likeness (QED) is 0.452. The number of aromatic nitrogens is 1. The molecule has 152 valence electrons. The van der Waals surface area contributed by atoms with E-state index in [9.17, 15) is 4.79 Å². The summed E-state index contributed by atoms with van der Waals surface area (Å²) in [6, 6.07) is 4.74. The van der Waals surface area contributed by atoms with Gasteiger partial charge in [0.15, 0.2) is 0 Å². The number of anilines is 1. The van der Waals surface area contributed by atoms with Gasteiger partial charge in [-0.3, -0.25) is 0 Å². The average Bonchev–Trinajstić information content (AvgIpc) is 2.59. The Morgan fingerprint density at radius 1 is 1.26 bits per heavy atom. The van der Waals surface area contributed by atoms with Gasteiger partial charge in [0.25, 0.3) is 0 Å². The van der Waals surface area contributed by atoms with Gasteiger partial charge in [-0.05, 0) is 87.1 Å². The Morgan fingerprint density at radius 2 is 1.96 bits per heavy atom. The average molecular weight is 488 g/mol. The summed E-state index contributed by atoms with van der Waals surface area (Å²) < 4.78 is 6.40. The lowest BCUT2D eigenvalue weighted by Gasteiger charge is -2.32. The molecule has 6 nitrogen and oxygen atoms in total. The fraction of sp³-hybridized carbons (Fsp3) is 0.700. The SMILES string of the molecule is CN(C[C@H]1CC[C@H](NCCNC(=O)OC(C)(C)C)CC1)c1ccc(I)cn1. The van der Waals surface area contributed by atoms with E-state index in [2.05, 4.69) is 62.3 Å². The molecule has 0 radical (unpaired) electrons. The zero-order valence-electron chi connectivity index (χ0n) is 16.9. The van der Waals surface area contributed by atoms with Crippen molar-refractivity contribution in [1.29, 1.82) is 0 Å². The number of amides is 1. The minimum absolute atomic E-state index is 0.347. The first kappa shape index (κ1) is 22.2. The zero-order chi connectivity index (χ0) is 19.9. The standard InChI is InChI=1S/C20H33IN4O2/c1-20(2,3)27-19(26)23-12-11-22-17-8-5-15(6-9-17)14-25(4)18-10-7-16(21)13-24-18/h7,10,13,15,17,22H,5-6,8-9,11-12,14H2,1-4H3,(H,23,26)/t15-,17-. The number of ether oxygens (including phenoxy) is 1. The largest absolute Gasteiger partial charge is 0.444 e. The molecule has 0 bridgehead atoms. The Kier molecular flexibility index (Phi) is 8.60. The molecule has 1 aromatic rings. The van der Waals surface area contributed by atoms with Crippen LogP contribution >= 0.6 is 22.6 Å². The molecule has 1 aromatic heterocycles. The van der Waals surface area contributed by atoms with Crippen molar-refractivity contribution in [2.45, 2.75) is 58.1 Å². The van der Waals surface area contributed by atoms with Crippen LogP contribution in [-0.4, -0.2) is 49.4 Å². The second-order valence-electron chi connectivity index (χ2n) is 8.32. The highest BCUT2D eigenvalue weighted by atomic mass is 127. The molecule has 0 spiro atoms. The van der Waals surface area contributed by atoms with Crippen LogP contribution in [0.25, 0.3) is 0 Å². The maximum Gasteiger partial charge on any atom is 0.407 e. The molecule has 7 heteroatoms. The highest BCUT2D eigenvalue weighted by Gasteiger charge is 2.22. The lowest BCUT2D eigenvalue weighted by Crippen LogP contribution is -2.41. The fourth-order valence-corrected chi connectivity index (χ4v) is 3.70. The summed E-state index contributed by atoms with van der Waals surface area (Å²) >= 11 is 2.28. The highest BCUT2D eigenvalue weighted by Crippen LogP contribution is 2.26. The van der Waals surface area contributed by atoms with E-state index in [4.69, 9.17) is 4.74 Å². The summed E-state index contributed by atoms with van der Waals surface area (Å²) in [6.45, 7) is 8.04. The van der Waals surface area contributed by atoms with Gasteiger partial charge in [-0.15, -0.1) is 0 Å². The van der Waals surface area contributed by atoms with Crippen LogP contribution in [0, 0.1) is 9.49 Å². The monoisotopic (exact) mass is 488 g/mol. The molecular weight excluding hydrogens is 455 g/mol. The minimum Gasteiger partial charge on any atom is -0.444 e. The normalized spacial score (nSPS) is 20.2. The topological polar surface area (TPSA) is 66.5 Å². The predicted molar refractivity (Wildman–Crippen MR) is 118 cm³/mol. The van der Waals surface area contributed by atoms with Crippen LogP contribution in [0.5, 0.6) is 0 Å². The van der Waals surface area contributed by atoms with E-state index >= 15 is 0 Å². The van der Waals surface area contributed by atoms with Gasteiger partial charge in [0, 0.05) is 42.5 Å². The number of halogens is 1. The van der Waals surface area contributed by atoms with Crippen molar-refractivity contribution in [3.05, 3.63) is 21.9 Å². The van der Waals surface area contributed by atoms with Gasteiger partial charge in [0.05, 0.1) is 0 Å². The molecule has 27 heavy (non-hydrogen) atoms. The molecule has 1 aliphatic carbocycles. The van der Waals surface area contributed by atoms with Gasteiger partial charge < -0.3 is 20.3 Å². The molecule has 1 amide bonds. The van der Waals surface area contributed by atoms with E-state index in [0.29, 0.717) is 18.5 Å². The molecule has 1 heterocycles. The molecule has 0 unspecified atom stereocenters. The Bertz CT molecular complexity index is 581. The van der Waals surface area contributed by atoms with Crippen LogP contribution in [-0.2, 0) is 4.74 Å². The summed E-state index contributed by atoms with van der Waals surface area (Å²) in [4.78, 5) is 18.4. The first-order chi connectivity index (χ1) is 12.7. The Morgan fingerprint density at radius 3 is 2.56 bits per heavy atom. The first-order valence-corrected chi connectivity index (χ1v) is 10.8. The summed E-state index contributed by atoms with van der Waals surface area (Å²) in [6.07, 6.45) is 6.40. The van der Waals surface area contributed by atoms with Gasteiger partial charge >= 0.3 is 6.09 Å². The molecule has 2 rings (SSSR count). The van der Waals surface area contributed by atoms with Crippen molar-refractivity contribution in [3.8, 4) is 0 Å². The highest BCUT2D eigenvalue weighted by molar-refractivity contribution is 14.1. The van der Waals surface area contributed by atoms with Gasteiger partial charge in [-0.1, -0.05) is 0 Å². The van der Waals surface area contributed by atoms with Crippen molar-refractivity contribution in [1.82, 2.24) is 15.6 Å². The first-order valence-electron chi connectivity index (χ1n) is 9.76. The zero-order valence-corrected chi connectivity index (χ0v) is 19.1. The summed E-state index contributed by atoms with van der Waals surface area (Å²) in [5, 5.41) is 6.35. The summed E-state index contributed by atoms with van der Waals surface area (Å²) in [5.41, 5.74) is -0.448. The van der Waals surface area contributed by atoms with Gasteiger partial charge in [0.1, 0.15) is 11.4 Å². The van der Waals surface area contributed by atoms with E-state index in [1.165, 1.54) is 25.7 Å². The van der Waals surface area contributed by atoms with Gasteiger partial charge in [-0.2, -0.15) is 0 Å². The van der Waals surface area contributed by atoms with Crippen LogP contribution in [0.4, 0.5) is 10.6 Å². The number of nitrogens with zero attached hydrogens (tertiary/aromatic N) is 2. The third-order valence-corrected chi connectivity index (χ3v) is 5.35. The Hall–Kier alpha value is -1.09. The van der Waals surface area contributed by atoms with E-state index in [0.717, 1.165) is 22.5 Å². The number of hydrogen-bond donors (Lipinski definition) is 2. The van der Waals surface area contributed by atoms with Gasteiger partial charge in [0.2, 0.25) is 0 Å². The predicted octanol–water partition coefficient (Wildman–Crippen LogP) is 3.80. The smallest absolute Gasteiger partial charge is 0.407 e. The van der Waals surface area contributed by atoms with Crippen LogP contribution in [0.2, 0.25) is 0 Å². The molecule has 0 aliphatic heterocycles. The number of carbonyl (C=O) groups excluding carboxylic acids is 1. The number of carbonyl (C=O) groups is 1. The van der Waals surface area contributed by atoms with Gasteiger partial charge in [-0.25, -0.2) is 9.78 Å². The van der Waals surface area contributed by atoms with Crippen LogP contribution in [0.3, 0.4) is 0 Å². The summed E-state index contributed by atoms with van der Waals surface area (Å²) in [5.74, 6) is 1.76. The lowest BCUT2D eigenvalue weighted by atomic mass is 9.85. The third kappa shape index (κ3) is 8.64. The Labute approximate surface area is 177 Å². The molecule has 1 aliphatic rings. The lowest BCUT2D eigenvalue weighted by molar-refractivity contribution is 0.0527. The maximum atomic E-state index is 11.6. The number of pyridine rings is 1. The van der Waals surface area contributed by atoms with Crippen molar-refractivity contribution in [2.24, 2.45) is 5.92 Å². The molecule has 0 atom stereocenters. The second-order valence-corrected chi connectivity index (χ2v) is 9.56. The number of alkyl carbamates (subject to hydrolysis) is 1. The molecular formula is C20H33IN4O2.